The molecule has 0 bridgehead atoms. The van der Waals surface area contributed by atoms with E-state index in [2.05, 4.69) is 78.9 Å². The molecule has 0 saturated heterocycles. The summed E-state index contributed by atoms with van der Waals surface area (Å²) in [5.41, 5.74) is 7.53. The van der Waals surface area contributed by atoms with Crippen molar-refractivity contribution in [3.63, 3.8) is 0 Å². The Labute approximate surface area is 222 Å². The predicted octanol–water partition coefficient (Wildman–Crippen LogP) is 8.18. The molecule has 1 aliphatic rings. The fourth-order valence-electron chi connectivity index (χ4n) is 4.42. The van der Waals surface area contributed by atoms with Gasteiger partial charge < -0.3 is 9.47 Å². The number of fused-ring (bicyclic) bond motifs is 1. The minimum atomic E-state index is 0.253. The van der Waals surface area contributed by atoms with Crippen LogP contribution in [-0.2, 0) is 0 Å². The summed E-state index contributed by atoms with van der Waals surface area (Å²) in [6.07, 6.45) is 4.07. The van der Waals surface area contributed by atoms with Crippen LogP contribution in [0.4, 0.5) is 11.4 Å². The third-order valence-electron chi connectivity index (χ3n) is 6.34. The van der Waals surface area contributed by atoms with Gasteiger partial charge in [-0.15, -0.1) is 0 Å². The SMILES string of the molecule is C(=NN(c1ccccc1)c1ccc(C=C(c2ccccc2)c2ccccc2)cc1)c1ccc2c(c1)OCO2. The van der Waals surface area contributed by atoms with Crippen molar-refractivity contribution in [2.45, 2.75) is 0 Å². The molecule has 6 rings (SSSR count). The van der Waals surface area contributed by atoms with Crippen molar-refractivity contribution in [1.29, 1.82) is 0 Å². The van der Waals surface area contributed by atoms with E-state index in [1.807, 2.05) is 71.9 Å². The summed E-state index contributed by atoms with van der Waals surface area (Å²) in [5, 5.41) is 6.78. The molecule has 0 unspecified atom stereocenters. The highest BCUT2D eigenvalue weighted by Crippen LogP contribution is 2.33. The van der Waals surface area contributed by atoms with Gasteiger partial charge in [0.05, 0.1) is 17.6 Å². The normalized spacial score (nSPS) is 11.9. The molecule has 0 aliphatic carbocycles. The van der Waals surface area contributed by atoms with E-state index in [-0.39, 0.29) is 6.79 Å². The maximum Gasteiger partial charge on any atom is 0.231 e. The average molecular weight is 495 g/mol. The maximum absolute atomic E-state index is 5.52. The summed E-state index contributed by atoms with van der Waals surface area (Å²) < 4.78 is 11.0. The number of para-hydroxylation sites is 1. The van der Waals surface area contributed by atoms with Gasteiger partial charge in [-0.2, -0.15) is 5.10 Å². The second kappa shape index (κ2) is 10.9. The standard InChI is InChI=1S/C34H26N2O2/c1-4-10-28(11-5-1)32(29-12-6-2-7-13-29)22-26-16-19-31(20-17-26)36(30-14-8-3-9-15-30)35-24-27-18-21-33-34(23-27)38-25-37-33/h1-24H,25H2. The van der Waals surface area contributed by atoms with Crippen LogP contribution >= 0.6 is 0 Å². The lowest BCUT2D eigenvalue weighted by atomic mass is 9.96. The third kappa shape index (κ3) is 5.20. The lowest BCUT2D eigenvalue weighted by Crippen LogP contribution is -2.09. The van der Waals surface area contributed by atoms with Crippen molar-refractivity contribution >= 4 is 29.2 Å². The zero-order valence-electron chi connectivity index (χ0n) is 20.8. The van der Waals surface area contributed by atoms with Crippen molar-refractivity contribution in [3.8, 4) is 11.5 Å². The van der Waals surface area contributed by atoms with Crippen LogP contribution in [0.2, 0.25) is 0 Å². The van der Waals surface area contributed by atoms with Crippen LogP contribution < -0.4 is 14.5 Å². The summed E-state index contributed by atoms with van der Waals surface area (Å²) in [4.78, 5) is 0. The Hall–Kier alpha value is -5.09. The molecule has 0 amide bonds. The van der Waals surface area contributed by atoms with Crippen molar-refractivity contribution in [1.82, 2.24) is 0 Å². The van der Waals surface area contributed by atoms with E-state index in [0.717, 1.165) is 34.0 Å². The van der Waals surface area contributed by atoms with E-state index in [4.69, 9.17) is 14.6 Å². The lowest BCUT2D eigenvalue weighted by molar-refractivity contribution is 0.174. The van der Waals surface area contributed by atoms with Crippen molar-refractivity contribution in [2.24, 2.45) is 5.10 Å². The van der Waals surface area contributed by atoms with Crippen LogP contribution in [0.25, 0.3) is 11.6 Å². The maximum atomic E-state index is 5.52. The Morgan fingerprint density at radius 2 is 1.13 bits per heavy atom. The molecule has 4 nitrogen and oxygen atoms in total. The molecular weight excluding hydrogens is 468 g/mol. The Bertz CT molecular complexity index is 1520. The Morgan fingerprint density at radius 1 is 0.579 bits per heavy atom. The monoisotopic (exact) mass is 494 g/mol. The highest BCUT2D eigenvalue weighted by molar-refractivity contribution is 5.91. The first kappa shape index (κ1) is 23.3. The molecule has 0 aromatic heterocycles. The van der Waals surface area contributed by atoms with E-state index < -0.39 is 0 Å². The number of nitrogens with zero attached hydrogens (tertiary/aromatic N) is 2. The Kier molecular flexibility index (Phi) is 6.68. The lowest BCUT2D eigenvalue weighted by Gasteiger charge is -2.19. The van der Waals surface area contributed by atoms with Gasteiger partial charge in [-0.25, -0.2) is 5.01 Å². The van der Waals surface area contributed by atoms with E-state index in [1.165, 1.54) is 16.7 Å². The number of hydrogen-bond acceptors (Lipinski definition) is 4. The smallest absolute Gasteiger partial charge is 0.231 e. The van der Waals surface area contributed by atoms with Gasteiger partial charge in [-0.1, -0.05) is 91.0 Å². The summed E-state index contributed by atoms with van der Waals surface area (Å²) in [6.45, 7) is 0.253. The number of rotatable bonds is 7. The van der Waals surface area contributed by atoms with Gasteiger partial charge in [-0.05, 0) is 76.4 Å². The Morgan fingerprint density at radius 3 is 1.79 bits per heavy atom. The second-order valence-electron chi connectivity index (χ2n) is 8.89. The first-order valence-electron chi connectivity index (χ1n) is 12.5. The Balaban J connectivity index is 1.33. The molecular formula is C34H26N2O2. The molecule has 1 heterocycles. The van der Waals surface area contributed by atoms with E-state index >= 15 is 0 Å². The van der Waals surface area contributed by atoms with Crippen LogP contribution in [0, 0.1) is 0 Å². The molecule has 5 aromatic carbocycles. The molecule has 0 spiro atoms. The van der Waals surface area contributed by atoms with Crippen LogP contribution in [0.5, 0.6) is 11.5 Å². The largest absolute Gasteiger partial charge is 0.454 e. The van der Waals surface area contributed by atoms with Crippen molar-refractivity contribution in [2.75, 3.05) is 11.8 Å². The van der Waals surface area contributed by atoms with Crippen molar-refractivity contribution in [3.05, 3.63) is 156 Å². The number of anilines is 2. The summed E-state index contributed by atoms with van der Waals surface area (Å²) >= 11 is 0. The third-order valence-corrected chi connectivity index (χ3v) is 6.34. The zero-order chi connectivity index (χ0) is 25.6. The predicted molar refractivity (Wildman–Crippen MR) is 155 cm³/mol. The zero-order valence-corrected chi connectivity index (χ0v) is 20.8. The van der Waals surface area contributed by atoms with Crippen LogP contribution in [-0.4, -0.2) is 13.0 Å². The number of hydrazone groups is 1. The summed E-state index contributed by atoms with van der Waals surface area (Å²) in [6, 6.07) is 45.4. The molecule has 0 atom stereocenters. The number of ether oxygens (including phenoxy) is 2. The molecule has 184 valence electrons. The average Bonchev–Trinajstić information content (AvgIpc) is 3.46. The summed E-state index contributed by atoms with van der Waals surface area (Å²) in [5.74, 6) is 1.50. The van der Waals surface area contributed by atoms with Crippen LogP contribution in [0.1, 0.15) is 22.3 Å². The van der Waals surface area contributed by atoms with Gasteiger partial charge in [0.2, 0.25) is 6.79 Å². The van der Waals surface area contributed by atoms with Gasteiger partial charge in [0.25, 0.3) is 0 Å². The highest BCUT2D eigenvalue weighted by Gasteiger charge is 2.13. The quantitative estimate of drug-likeness (QED) is 0.130. The first-order valence-corrected chi connectivity index (χ1v) is 12.5. The fourth-order valence-corrected chi connectivity index (χ4v) is 4.42. The minimum Gasteiger partial charge on any atom is -0.454 e. The molecule has 0 N–H and O–H groups in total. The van der Waals surface area contributed by atoms with E-state index in [0.29, 0.717) is 0 Å². The molecule has 38 heavy (non-hydrogen) atoms. The summed E-state index contributed by atoms with van der Waals surface area (Å²) in [7, 11) is 0. The molecule has 0 radical (unpaired) electrons. The fraction of sp³-hybridized carbons (Fsp3) is 0.0294. The second-order valence-corrected chi connectivity index (χ2v) is 8.89. The van der Waals surface area contributed by atoms with E-state index in [9.17, 15) is 0 Å². The molecule has 0 saturated carbocycles. The number of benzene rings is 5. The van der Waals surface area contributed by atoms with Gasteiger partial charge in [0.1, 0.15) is 0 Å². The van der Waals surface area contributed by atoms with Crippen molar-refractivity contribution < 1.29 is 9.47 Å². The molecule has 1 aliphatic heterocycles. The highest BCUT2D eigenvalue weighted by atomic mass is 16.7. The van der Waals surface area contributed by atoms with Gasteiger partial charge in [0.15, 0.2) is 11.5 Å². The molecule has 4 heteroatoms. The minimum absolute atomic E-state index is 0.253. The van der Waals surface area contributed by atoms with Gasteiger partial charge >= 0.3 is 0 Å². The molecule has 0 fully saturated rings. The number of hydrogen-bond donors (Lipinski definition) is 0. The van der Waals surface area contributed by atoms with Gasteiger partial charge in [0, 0.05) is 0 Å². The van der Waals surface area contributed by atoms with Crippen LogP contribution in [0.15, 0.2) is 139 Å². The van der Waals surface area contributed by atoms with Gasteiger partial charge in [-0.3, -0.25) is 0 Å². The van der Waals surface area contributed by atoms with E-state index in [1.54, 1.807) is 0 Å². The van der Waals surface area contributed by atoms with Crippen LogP contribution in [0.3, 0.4) is 0 Å². The molecule has 5 aromatic rings. The first-order chi connectivity index (χ1) is 18.8. The topological polar surface area (TPSA) is 34.1 Å².